The second kappa shape index (κ2) is 5.54. The Hall–Kier alpha value is -1.02. The third-order valence-electron chi connectivity index (χ3n) is 2.92. The van der Waals surface area contributed by atoms with Gasteiger partial charge in [0, 0.05) is 18.8 Å². The van der Waals surface area contributed by atoms with Crippen molar-refractivity contribution in [2.24, 2.45) is 0 Å². The van der Waals surface area contributed by atoms with Crippen LogP contribution in [-0.2, 0) is 5.41 Å². The summed E-state index contributed by atoms with van der Waals surface area (Å²) in [5.74, 6) is 0. The zero-order valence-electron chi connectivity index (χ0n) is 12.1. The normalized spacial score (nSPS) is 11.9. The lowest BCUT2D eigenvalue weighted by atomic mass is 9.84. The highest BCUT2D eigenvalue weighted by Gasteiger charge is 2.15. The lowest BCUT2D eigenvalue weighted by molar-refractivity contribution is 0.425. The summed E-state index contributed by atoms with van der Waals surface area (Å²) in [6, 6.07) is 6.67. The van der Waals surface area contributed by atoms with E-state index in [2.05, 4.69) is 70.2 Å². The Bertz CT molecular complexity index is 362. The van der Waals surface area contributed by atoms with Crippen LogP contribution in [0.4, 0.5) is 5.69 Å². The molecule has 0 bridgehead atoms. The van der Waals surface area contributed by atoms with Crippen molar-refractivity contribution in [3.8, 4) is 0 Å². The minimum absolute atomic E-state index is 0.228. The van der Waals surface area contributed by atoms with E-state index in [0.717, 1.165) is 13.1 Å². The van der Waals surface area contributed by atoms with E-state index in [0.29, 0.717) is 0 Å². The van der Waals surface area contributed by atoms with Gasteiger partial charge in [-0.1, -0.05) is 26.8 Å². The molecule has 0 aliphatic carbocycles. The SMILES string of the molecule is Cc1cc(NCCN(C)C)ccc1C(C)(C)C. The number of aryl methyl sites for hydroxylation is 1. The summed E-state index contributed by atoms with van der Waals surface area (Å²) in [6.45, 7) is 11.0. The van der Waals surface area contributed by atoms with Gasteiger partial charge in [0.25, 0.3) is 0 Å². The summed E-state index contributed by atoms with van der Waals surface area (Å²) < 4.78 is 0. The number of benzene rings is 1. The van der Waals surface area contributed by atoms with Crippen LogP contribution >= 0.6 is 0 Å². The van der Waals surface area contributed by atoms with Crippen molar-refractivity contribution < 1.29 is 0 Å². The maximum atomic E-state index is 3.45. The average molecular weight is 234 g/mol. The lowest BCUT2D eigenvalue weighted by Gasteiger charge is -2.22. The first kappa shape index (κ1) is 14.0. The summed E-state index contributed by atoms with van der Waals surface area (Å²) >= 11 is 0. The molecule has 0 saturated carbocycles. The zero-order chi connectivity index (χ0) is 13.1. The average Bonchev–Trinajstić information content (AvgIpc) is 2.14. The summed E-state index contributed by atoms with van der Waals surface area (Å²) in [6.07, 6.45) is 0. The van der Waals surface area contributed by atoms with Crippen LogP contribution in [0.15, 0.2) is 18.2 Å². The molecule has 0 atom stereocenters. The van der Waals surface area contributed by atoms with Crippen LogP contribution in [0.1, 0.15) is 31.9 Å². The van der Waals surface area contributed by atoms with Crippen molar-refractivity contribution in [3.05, 3.63) is 29.3 Å². The number of hydrogen-bond donors (Lipinski definition) is 1. The maximum absolute atomic E-state index is 3.45. The standard InChI is InChI=1S/C15H26N2/c1-12-11-13(16-9-10-17(5)6)7-8-14(12)15(2,3)4/h7-8,11,16H,9-10H2,1-6H3. The number of nitrogens with zero attached hydrogens (tertiary/aromatic N) is 1. The van der Waals surface area contributed by atoms with Crippen LogP contribution in [0.25, 0.3) is 0 Å². The number of anilines is 1. The highest BCUT2D eigenvalue weighted by atomic mass is 15.1. The van der Waals surface area contributed by atoms with E-state index < -0.39 is 0 Å². The quantitative estimate of drug-likeness (QED) is 0.860. The molecule has 2 heteroatoms. The summed E-state index contributed by atoms with van der Waals surface area (Å²) in [4.78, 5) is 2.18. The number of hydrogen-bond acceptors (Lipinski definition) is 2. The van der Waals surface area contributed by atoms with Gasteiger partial charge in [-0.3, -0.25) is 0 Å². The first-order valence-electron chi connectivity index (χ1n) is 6.30. The molecule has 0 radical (unpaired) electrons. The molecule has 2 nitrogen and oxygen atoms in total. The van der Waals surface area contributed by atoms with Gasteiger partial charge in [0.2, 0.25) is 0 Å². The van der Waals surface area contributed by atoms with Gasteiger partial charge < -0.3 is 10.2 Å². The number of rotatable bonds is 4. The molecular formula is C15H26N2. The van der Waals surface area contributed by atoms with Gasteiger partial charge in [0.05, 0.1) is 0 Å². The van der Waals surface area contributed by atoms with Gasteiger partial charge in [-0.25, -0.2) is 0 Å². The summed E-state index contributed by atoms with van der Waals surface area (Å²) in [5.41, 5.74) is 4.24. The first-order valence-corrected chi connectivity index (χ1v) is 6.30. The molecule has 0 aliphatic heterocycles. The fourth-order valence-electron chi connectivity index (χ4n) is 2.04. The number of nitrogens with one attached hydrogen (secondary N) is 1. The fraction of sp³-hybridized carbons (Fsp3) is 0.600. The Morgan fingerprint density at radius 2 is 1.82 bits per heavy atom. The van der Waals surface area contributed by atoms with Crippen molar-refractivity contribution in [3.63, 3.8) is 0 Å². The van der Waals surface area contributed by atoms with E-state index in [-0.39, 0.29) is 5.41 Å². The molecular weight excluding hydrogens is 208 g/mol. The van der Waals surface area contributed by atoms with Gasteiger partial charge in [-0.2, -0.15) is 0 Å². The number of likely N-dealkylation sites (N-methyl/N-ethyl adjacent to an activating group) is 1. The van der Waals surface area contributed by atoms with E-state index in [1.54, 1.807) is 0 Å². The molecule has 0 aliphatic rings. The lowest BCUT2D eigenvalue weighted by Crippen LogP contribution is -2.21. The predicted molar refractivity (Wildman–Crippen MR) is 76.9 cm³/mol. The molecule has 0 unspecified atom stereocenters. The molecule has 0 amide bonds. The highest BCUT2D eigenvalue weighted by Crippen LogP contribution is 2.27. The molecule has 17 heavy (non-hydrogen) atoms. The molecule has 1 aromatic carbocycles. The minimum Gasteiger partial charge on any atom is -0.384 e. The third kappa shape index (κ3) is 4.39. The fourth-order valence-corrected chi connectivity index (χ4v) is 2.04. The second-order valence-corrected chi connectivity index (χ2v) is 6.01. The van der Waals surface area contributed by atoms with Crippen molar-refractivity contribution in [1.29, 1.82) is 0 Å². The van der Waals surface area contributed by atoms with Gasteiger partial charge in [-0.15, -0.1) is 0 Å². The summed E-state index contributed by atoms with van der Waals surface area (Å²) in [7, 11) is 4.19. The molecule has 1 aromatic rings. The van der Waals surface area contributed by atoms with E-state index in [1.165, 1.54) is 16.8 Å². The summed E-state index contributed by atoms with van der Waals surface area (Å²) in [5, 5.41) is 3.45. The molecule has 1 N–H and O–H groups in total. The Kier molecular flexibility index (Phi) is 4.58. The smallest absolute Gasteiger partial charge is 0.0343 e. The zero-order valence-corrected chi connectivity index (χ0v) is 12.1. The second-order valence-electron chi connectivity index (χ2n) is 6.01. The van der Waals surface area contributed by atoms with Crippen molar-refractivity contribution in [2.45, 2.75) is 33.1 Å². The topological polar surface area (TPSA) is 15.3 Å². The van der Waals surface area contributed by atoms with Gasteiger partial charge >= 0.3 is 0 Å². The molecule has 96 valence electrons. The van der Waals surface area contributed by atoms with Gasteiger partial charge in [0.1, 0.15) is 0 Å². The van der Waals surface area contributed by atoms with Gasteiger partial charge in [0.15, 0.2) is 0 Å². The van der Waals surface area contributed by atoms with Crippen LogP contribution in [0, 0.1) is 6.92 Å². The van der Waals surface area contributed by atoms with E-state index in [1.807, 2.05) is 0 Å². The maximum Gasteiger partial charge on any atom is 0.0343 e. The van der Waals surface area contributed by atoms with Crippen LogP contribution in [0.3, 0.4) is 0 Å². The molecule has 0 heterocycles. The Morgan fingerprint density at radius 1 is 1.18 bits per heavy atom. The highest BCUT2D eigenvalue weighted by molar-refractivity contribution is 5.49. The molecule has 0 saturated heterocycles. The molecule has 0 spiro atoms. The van der Waals surface area contributed by atoms with E-state index in [4.69, 9.17) is 0 Å². The van der Waals surface area contributed by atoms with Crippen LogP contribution < -0.4 is 5.32 Å². The Balaban J connectivity index is 2.69. The van der Waals surface area contributed by atoms with Crippen molar-refractivity contribution in [1.82, 2.24) is 4.90 Å². The van der Waals surface area contributed by atoms with Crippen LogP contribution in [0.5, 0.6) is 0 Å². The van der Waals surface area contributed by atoms with E-state index in [9.17, 15) is 0 Å². The molecule has 1 rings (SSSR count). The van der Waals surface area contributed by atoms with Crippen molar-refractivity contribution in [2.75, 3.05) is 32.5 Å². The van der Waals surface area contributed by atoms with Crippen LogP contribution in [0.2, 0.25) is 0 Å². The molecule has 0 fully saturated rings. The monoisotopic (exact) mass is 234 g/mol. The Labute approximate surface area is 106 Å². The predicted octanol–water partition coefficient (Wildman–Crippen LogP) is 3.27. The van der Waals surface area contributed by atoms with E-state index >= 15 is 0 Å². The molecule has 0 aromatic heterocycles. The third-order valence-corrected chi connectivity index (χ3v) is 2.92. The Morgan fingerprint density at radius 3 is 2.29 bits per heavy atom. The van der Waals surface area contributed by atoms with Crippen molar-refractivity contribution >= 4 is 5.69 Å². The minimum atomic E-state index is 0.228. The van der Waals surface area contributed by atoms with Crippen LogP contribution in [-0.4, -0.2) is 32.1 Å². The van der Waals surface area contributed by atoms with Gasteiger partial charge in [-0.05, 0) is 49.7 Å². The largest absolute Gasteiger partial charge is 0.384 e. The first-order chi connectivity index (χ1) is 7.80.